The fourth-order valence-electron chi connectivity index (χ4n) is 1.67. The van der Waals surface area contributed by atoms with Gasteiger partial charge in [-0.2, -0.15) is 0 Å². The molecule has 0 fully saturated rings. The molecule has 0 saturated carbocycles. The van der Waals surface area contributed by atoms with E-state index in [0.29, 0.717) is 6.42 Å². The van der Waals surface area contributed by atoms with Crippen molar-refractivity contribution in [2.75, 3.05) is 5.94 Å². The fourth-order valence-corrected chi connectivity index (χ4v) is 3.16. The van der Waals surface area contributed by atoms with Gasteiger partial charge in [-0.3, -0.25) is 9.36 Å². The van der Waals surface area contributed by atoms with Crippen LogP contribution in [0.3, 0.4) is 0 Å². The summed E-state index contributed by atoms with van der Waals surface area (Å²) in [5.41, 5.74) is -0.746. The number of hydrogen-bond acceptors (Lipinski definition) is 4. The number of esters is 1. The van der Waals surface area contributed by atoms with E-state index in [2.05, 4.69) is 0 Å². The average Bonchev–Trinajstić information content (AvgIpc) is 2.44. The van der Waals surface area contributed by atoms with Gasteiger partial charge in [-0.15, -0.1) is 0 Å². The Hall–Kier alpha value is -0.810. The van der Waals surface area contributed by atoms with Crippen molar-refractivity contribution in [3.05, 3.63) is 30.3 Å². The summed E-state index contributed by atoms with van der Waals surface area (Å²) in [5, 5.41) is 0. The number of benzene rings is 1. The normalized spacial score (nSPS) is 14.5. The first-order valence-corrected chi connectivity index (χ1v) is 9.36. The predicted octanol–water partition coefficient (Wildman–Crippen LogP) is 3.26. The molecule has 2 atom stereocenters. The molecule has 2 unspecified atom stereocenters. The lowest BCUT2D eigenvalue weighted by molar-refractivity contribution is -0.141. The van der Waals surface area contributed by atoms with Crippen LogP contribution in [0.5, 0.6) is 0 Å². The highest BCUT2D eigenvalue weighted by molar-refractivity contribution is 7.99. The zero-order valence-corrected chi connectivity index (χ0v) is 13.8. The second kappa shape index (κ2) is 8.59. The molecule has 0 aliphatic carbocycles. The van der Waals surface area contributed by atoms with E-state index in [9.17, 15) is 9.36 Å². The molecule has 0 heterocycles. The summed E-state index contributed by atoms with van der Waals surface area (Å²) in [6.07, 6.45) is 0.571. The zero-order valence-electron chi connectivity index (χ0n) is 12.1. The van der Waals surface area contributed by atoms with Gasteiger partial charge in [0.2, 0.25) is 0 Å². The highest BCUT2D eigenvalue weighted by atomic mass is 32.2. The highest BCUT2D eigenvalue weighted by Crippen LogP contribution is 2.45. The van der Waals surface area contributed by atoms with E-state index >= 15 is 0 Å². The molecular formula is C14H21O5PS. The van der Waals surface area contributed by atoms with Crippen LogP contribution in [0.1, 0.15) is 26.7 Å². The maximum atomic E-state index is 11.6. The van der Waals surface area contributed by atoms with Gasteiger partial charge in [-0.1, -0.05) is 43.8 Å². The van der Waals surface area contributed by atoms with Gasteiger partial charge < -0.3 is 14.5 Å². The molecule has 7 heteroatoms. The molecule has 0 saturated heterocycles. The van der Waals surface area contributed by atoms with E-state index in [1.807, 2.05) is 30.3 Å². The van der Waals surface area contributed by atoms with Crippen LogP contribution in [0.15, 0.2) is 35.2 Å². The summed E-state index contributed by atoms with van der Waals surface area (Å²) in [4.78, 5) is 30.8. The van der Waals surface area contributed by atoms with Gasteiger partial charge in [-0.25, -0.2) is 0 Å². The van der Waals surface area contributed by atoms with Crippen molar-refractivity contribution in [3.63, 3.8) is 0 Å². The Morgan fingerprint density at radius 2 is 1.90 bits per heavy atom. The SMILES string of the molecule is CC(CCC(=O)OCSc1ccccc1)C(C)P(=O)(O)O. The molecule has 0 amide bonds. The zero-order chi connectivity index (χ0) is 15.9. The highest BCUT2D eigenvalue weighted by Gasteiger charge is 2.29. The van der Waals surface area contributed by atoms with E-state index in [1.54, 1.807) is 6.92 Å². The predicted molar refractivity (Wildman–Crippen MR) is 83.2 cm³/mol. The fraction of sp³-hybridized carbons (Fsp3) is 0.500. The Kier molecular flexibility index (Phi) is 7.46. The monoisotopic (exact) mass is 332 g/mol. The first kappa shape index (κ1) is 18.2. The Bertz CT molecular complexity index is 487. The van der Waals surface area contributed by atoms with Gasteiger partial charge in [0.05, 0.1) is 5.66 Å². The lowest BCUT2D eigenvalue weighted by Crippen LogP contribution is -2.16. The van der Waals surface area contributed by atoms with Crippen LogP contribution in [0, 0.1) is 5.92 Å². The molecule has 0 bridgehead atoms. The first-order chi connectivity index (χ1) is 9.80. The van der Waals surface area contributed by atoms with Crippen LogP contribution < -0.4 is 0 Å². The van der Waals surface area contributed by atoms with Crippen LogP contribution in [0.4, 0.5) is 0 Å². The Balaban J connectivity index is 2.24. The van der Waals surface area contributed by atoms with Crippen molar-refractivity contribution in [1.29, 1.82) is 0 Å². The molecule has 0 spiro atoms. The molecule has 5 nitrogen and oxygen atoms in total. The standard InChI is InChI=1S/C14H21O5PS/c1-11(12(2)20(16,17)18)8-9-14(15)19-10-21-13-6-4-3-5-7-13/h3-7,11-12H,8-10H2,1-2H3,(H2,16,17,18). The minimum absolute atomic E-state index is 0.168. The number of carbonyl (C=O) groups is 1. The van der Waals surface area contributed by atoms with Crippen molar-refractivity contribution < 1.29 is 23.9 Å². The first-order valence-electron chi connectivity index (χ1n) is 6.69. The van der Waals surface area contributed by atoms with Gasteiger partial charge in [0.15, 0.2) is 0 Å². The Labute approximate surface area is 129 Å². The van der Waals surface area contributed by atoms with Crippen LogP contribution in [-0.4, -0.2) is 27.4 Å². The average molecular weight is 332 g/mol. The van der Waals surface area contributed by atoms with Crippen molar-refractivity contribution in [2.24, 2.45) is 5.92 Å². The van der Waals surface area contributed by atoms with E-state index in [4.69, 9.17) is 14.5 Å². The van der Waals surface area contributed by atoms with Gasteiger partial charge >= 0.3 is 13.6 Å². The topological polar surface area (TPSA) is 83.8 Å². The second-order valence-electron chi connectivity index (χ2n) is 4.94. The van der Waals surface area contributed by atoms with E-state index in [0.717, 1.165) is 4.90 Å². The molecule has 0 radical (unpaired) electrons. The van der Waals surface area contributed by atoms with Gasteiger partial charge in [0.25, 0.3) is 0 Å². The third-order valence-electron chi connectivity index (χ3n) is 3.35. The number of carbonyl (C=O) groups excluding carboxylic acids is 1. The van der Waals surface area contributed by atoms with Crippen molar-refractivity contribution in [3.8, 4) is 0 Å². The molecule has 0 aliphatic rings. The quantitative estimate of drug-likeness (QED) is 0.329. The number of thioether (sulfide) groups is 1. The van der Waals surface area contributed by atoms with Crippen LogP contribution in [0.25, 0.3) is 0 Å². The molecule has 1 aromatic rings. The molecule has 1 aromatic carbocycles. The Morgan fingerprint density at radius 3 is 2.48 bits per heavy atom. The van der Waals surface area contributed by atoms with Crippen LogP contribution in [-0.2, 0) is 14.1 Å². The maximum absolute atomic E-state index is 11.6. The summed E-state index contributed by atoms with van der Waals surface area (Å²) >= 11 is 1.43. The van der Waals surface area contributed by atoms with Crippen molar-refractivity contribution >= 4 is 25.3 Å². The lowest BCUT2D eigenvalue weighted by Gasteiger charge is -2.20. The van der Waals surface area contributed by atoms with Gasteiger partial charge in [0.1, 0.15) is 5.94 Å². The van der Waals surface area contributed by atoms with Gasteiger partial charge in [-0.05, 0) is 24.5 Å². The summed E-state index contributed by atoms with van der Waals surface area (Å²) in [7, 11) is -4.09. The number of rotatable bonds is 8. The molecule has 0 aromatic heterocycles. The van der Waals surface area contributed by atoms with Gasteiger partial charge in [0, 0.05) is 11.3 Å². The molecular weight excluding hydrogens is 311 g/mol. The maximum Gasteiger partial charge on any atom is 0.328 e. The Morgan fingerprint density at radius 1 is 1.29 bits per heavy atom. The van der Waals surface area contributed by atoms with Crippen LogP contribution >= 0.6 is 19.4 Å². The molecule has 118 valence electrons. The largest absolute Gasteiger partial charge is 0.454 e. The summed E-state index contributed by atoms with van der Waals surface area (Å²) in [6, 6.07) is 9.61. The third-order valence-corrected chi connectivity index (χ3v) is 5.76. The van der Waals surface area contributed by atoms with Crippen molar-refractivity contribution in [1.82, 2.24) is 0 Å². The summed E-state index contributed by atoms with van der Waals surface area (Å²) in [6.45, 7) is 3.23. The molecule has 1 rings (SSSR count). The molecule has 0 aliphatic heterocycles. The summed E-state index contributed by atoms with van der Waals surface area (Å²) < 4.78 is 16.2. The second-order valence-corrected chi connectivity index (χ2v) is 7.93. The molecule has 2 N–H and O–H groups in total. The van der Waals surface area contributed by atoms with E-state index in [-0.39, 0.29) is 24.2 Å². The van der Waals surface area contributed by atoms with Crippen LogP contribution in [0.2, 0.25) is 0 Å². The third kappa shape index (κ3) is 7.14. The minimum Gasteiger partial charge on any atom is -0.454 e. The lowest BCUT2D eigenvalue weighted by atomic mass is 10.0. The minimum atomic E-state index is -4.09. The number of ether oxygens (including phenoxy) is 1. The smallest absolute Gasteiger partial charge is 0.328 e. The van der Waals surface area contributed by atoms with E-state index in [1.165, 1.54) is 18.7 Å². The number of hydrogen-bond donors (Lipinski definition) is 2. The van der Waals surface area contributed by atoms with Crippen molar-refractivity contribution in [2.45, 2.75) is 37.2 Å². The van der Waals surface area contributed by atoms with E-state index < -0.39 is 13.3 Å². The summed E-state index contributed by atoms with van der Waals surface area (Å²) in [5.74, 6) is -0.339. The molecule has 21 heavy (non-hydrogen) atoms.